The van der Waals surface area contributed by atoms with Crippen LogP contribution in [0.1, 0.15) is 92.3 Å². The molecule has 7 rings (SSSR count). The molecule has 4 aliphatic rings. The van der Waals surface area contributed by atoms with E-state index in [1.54, 1.807) is 86.6 Å². The summed E-state index contributed by atoms with van der Waals surface area (Å²) in [6.45, 7) is 9.84. The molecule has 0 aromatic heterocycles. The van der Waals surface area contributed by atoms with Gasteiger partial charge in [0.1, 0.15) is 23.9 Å². The molecule has 3 aromatic rings. The van der Waals surface area contributed by atoms with E-state index < -0.39 is 113 Å². The Kier molecular flexibility index (Phi) is 12.0. The fourth-order valence-electron chi connectivity index (χ4n) is 10.3. The van der Waals surface area contributed by atoms with Crippen LogP contribution in [-0.2, 0) is 42.9 Å². The van der Waals surface area contributed by atoms with E-state index in [9.17, 15) is 39.3 Å². The van der Waals surface area contributed by atoms with Crippen LogP contribution in [-0.4, -0.2) is 105 Å². The van der Waals surface area contributed by atoms with Crippen LogP contribution in [0, 0.1) is 23.7 Å². The number of hydrogen-bond acceptors (Lipinski definition) is 14. The molecule has 11 atom stereocenters. The molecule has 2 bridgehead atoms. The summed E-state index contributed by atoms with van der Waals surface area (Å²) in [7, 11) is 0. The molecule has 3 aromatic carbocycles. The Morgan fingerprint density at radius 3 is 2.02 bits per heavy atom. The number of carbonyl (C=O) groups excluding carboxylic acids is 6. The van der Waals surface area contributed by atoms with Gasteiger partial charge in [0.25, 0.3) is 5.91 Å². The first-order valence-corrected chi connectivity index (χ1v) is 20.9. The smallest absolute Gasteiger partial charge is 0.338 e. The van der Waals surface area contributed by atoms with Crippen LogP contribution in [0.4, 0.5) is 0 Å². The highest BCUT2D eigenvalue weighted by molar-refractivity contribution is 5.96. The summed E-state index contributed by atoms with van der Waals surface area (Å²) >= 11 is 0. The van der Waals surface area contributed by atoms with Crippen molar-refractivity contribution in [1.29, 1.82) is 0 Å². The van der Waals surface area contributed by atoms with E-state index in [2.05, 4.69) is 5.32 Å². The number of aliphatic hydroxyl groups is 3. The van der Waals surface area contributed by atoms with Gasteiger partial charge >= 0.3 is 23.9 Å². The van der Waals surface area contributed by atoms with Crippen LogP contribution in [0.15, 0.2) is 96.1 Å². The van der Waals surface area contributed by atoms with Crippen LogP contribution in [0.5, 0.6) is 0 Å². The Hall–Kier alpha value is -5.74. The van der Waals surface area contributed by atoms with Crippen molar-refractivity contribution in [2.75, 3.05) is 6.61 Å². The van der Waals surface area contributed by atoms with Gasteiger partial charge in [0.15, 0.2) is 23.6 Å². The normalized spacial score (nSPS) is 31.6. The number of Topliss-reactive ketones (excluding diaryl/α,β-unsaturated/α-hetero) is 1. The van der Waals surface area contributed by atoms with E-state index in [1.807, 2.05) is 6.92 Å². The summed E-state index contributed by atoms with van der Waals surface area (Å²) in [6.07, 6.45) is -10.5. The maximum atomic E-state index is 15.5. The SMILES string of the molecule is CC(=O)O[C@@H]1C(=O)[C@@]2(C)C(C(OC(=O)c3ccccc3)[C@]3(O)CC(OC(=O)C(O)C(NC(=O)c4ccc(C)cc4)c4ccccc4)C(C)=C1C3(C)C)[C@]1(OC(C)=O)CO[C@@H]1C[C@@H]2O. The third kappa shape index (κ3) is 7.64. The van der Waals surface area contributed by atoms with Crippen LogP contribution < -0.4 is 5.32 Å². The third-order valence-corrected chi connectivity index (χ3v) is 13.8. The fourth-order valence-corrected chi connectivity index (χ4v) is 10.3. The third-order valence-electron chi connectivity index (χ3n) is 13.8. The largest absolute Gasteiger partial charge is 0.456 e. The van der Waals surface area contributed by atoms with Gasteiger partial charge in [0.05, 0.1) is 35.6 Å². The van der Waals surface area contributed by atoms with E-state index in [0.717, 1.165) is 19.4 Å². The Morgan fingerprint density at radius 1 is 0.825 bits per heavy atom. The number of aliphatic hydroxyl groups excluding tert-OH is 2. The lowest BCUT2D eigenvalue weighted by Crippen LogP contribution is -2.82. The lowest BCUT2D eigenvalue weighted by molar-refractivity contribution is -0.346. The number of nitrogens with one attached hydrogen (secondary N) is 1. The van der Waals surface area contributed by atoms with Gasteiger partial charge in [-0.25, -0.2) is 9.59 Å². The summed E-state index contributed by atoms with van der Waals surface area (Å²) in [5.41, 5.74) is -6.10. The highest BCUT2D eigenvalue weighted by Gasteiger charge is 2.78. The Balaban J connectivity index is 1.38. The number of benzene rings is 3. The summed E-state index contributed by atoms with van der Waals surface area (Å²) < 4.78 is 30.3. The second-order valence-corrected chi connectivity index (χ2v) is 17.9. The quantitative estimate of drug-likeness (QED) is 0.128. The molecule has 1 amide bonds. The molecule has 5 unspecified atom stereocenters. The molecule has 0 radical (unpaired) electrons. The van der Waals surface area contributed by atoms with Crippen LogP contribution in [0.2, 0.25) is 0 Å². The number of esters is 4. The zero-order chi connectivity index (χ0) is 45.8. The van der Waals surface area contributed by atoms with Crippen LogP contribution in [0.25, 0.3) is 0 Å². The number of ether oxygens (including phenoxy) is 5. The second-order valence-electron chi connectivity index (χ2n) is 17.9. The van der Waals surface area contributed by atoms with Gasteiger partial charge in [-0.3, -0.25) is 19.2 Å². The molecule has 1 saturated heterocycles. The van der Waals surface area contributed by atoms with Crippen molar-refractivity contribution >= 4 is 35.6 Å². The summed E-state index contributed by atoms with van der Waals surface area (Å²) in [4.78, 5) is 83.7. The molecule has 63 heavy (non-hydrogen) atoms. The molecular weight excluding hydrogens is 815 g/mol. The molecule has 15 heteroatoms. The average molecular weight is 868 g/mol. The van der Waals surface area contributed by atoms with Crippen molar-refractivity contribution in [2.45, 2.75) is 115 Å². The lowest BCUT2D eigenvalue weighted by atomic mass is 9.44. The van der Waals surface area contributed by atoms with E-state index in [-0.39, 0.29) is 35.3 Å². The van der Waals surface area contributed by atoms with Crippen molar-refractivity contribution in [3.05, 3.63) is 118 Å². The summed E-state index contributed by atoms with van der Waals surface area (Å²) in [5, 5.41) is 40.3. The van der Waals surface area contributed by atoms with Crippen molar-refractivity contribution in [3.8, 4) is 0 Å². The monoisotopic (exact) mass is 867 g/mol. The predicted octanol–water partition coefficient (Wildman–Crippen LogP) is 4.04. The zero-order valence-electron chi connectivity index (χ0n) is 36.2. The van der Waals surface area contributed by atoms with Crippen LogP contribution >= 0.6 is 0 Å². The van der Waals surface area contributed by atoms with Crippen molar-refractivity contribution in [1.82, 2.24) is 5.32 Å². The molecule has 334 valence electrons. The molecule has 0 spiro atoms. The van der Waals surface area contributed by atoms with Gasteiger partial charge in [-0.2, -0.15) is 0 Å². The molecule has 3 aliphatic carbocycles. The first-order chi connectivity index (χ1) is 29.7. The number of amides is 1. The average Bonchev–Trinajstić information content (AvgIpc) is 3.24. The lowest BCUT2D eigenvalue weighted by Gasteiger charge is -2.67. The second kappa shape index (κ2) is 16.8. The number of aryl methyl sites for hydroxylation is 1. The topological polar surface area (TPSA) is 221 Å². The van der Waals surface area contributed by atoms with Gasteiger partial charge < -0.3 is 44.3 Å². The minimum Gasteiger partial charge on any atom is -0.456 e. The first-order valence-electron chi connectivity index (χ1n) is 20.9. The highest BCUT2D eigenvalue weighted by atomic mass is 16.6. The van der Waals surface area contributed by atoms with Gasteiger partial charge in [-0.05, 0) is 61.7 Å². The van der Waals surface area contributed by atoms with Gasteiger partial charge in [-0.1, -0.05) is 80.1 Å². The number of hydrogen-bond donors (Lipinski definition) is 4. The van der Waals surface area contributed by atoms with Crippen molar-refractivity contribution in [2.24, 2.45) is 16.7 Å². The minimum absolute atomic E-state index is 0.00261. The van der Waals surface area contributed by atoms with Crippen LogP contribution in [0.3, 0.4) is 0 Å². The van der Waals surface area contributed by atoms with E-state index in [1.165, 1.54) is 26.0 Å². The fraction of sp³-hybridized carbons (Fsp3) is 0.458. The maximum Gasteiger partial charge on any atom is 0.338 e. The highest BCUT2D eigenvalue weighted by Crippen LogP contribution is 2.64. The van der Waals surface area contributed by atoms with Gasteiger partial charge in [0.2, 0.25) is 0 Å². The zero-order valence-corrected chi connectivity index (χ0v) is 36.2. The Morgan fingerprint density at radius 2 is 1.44 bits per heavy atom. The van der Waals surface area contributed by atoms with E-state index >= 15 is 4.79 Å². The van der Waals surface area contributed by atoms with Gasteiger partial charge in [0, 0.05) is 37.7 Å². The van der Waals surface area contributed by atoms with E-state index in [0.29, 0.717) is 5.56 Å². The van der Waals surface area contributed by atoms with E-state index in [4.69, 9.17) is 23.7 Å². The number of fused-ring (bicyclic) bond motifs is 5. The molecule has 1 aliphatic heterocycles. The minimum atomic E-state index is -2.39. The van der Waals surface area contributed by atoms with Gasteiger partial charge in [-0.15, -0.1) is 0 Å². The summed E-state index contributed by atoms with van der Waals surface area (Å²) in [6, 6.07) is 21.5. The molecular formula is C48H53NO14. The van der Waals surface area contributed by atoms with Crippen molar-refractivity contribution in [3.63, 3.8) is 0 Å². The molecule has 4 N–H and O–H groups in total. The molecule has 15 nitrogen and oxygen atoms in total. The number of carbonyl (C=O) groups is 6. The number of rotatable bonds is 10. The standard InChI is InChI=1S/C48H53NO14/c1-25-18-20-30(21-19-25)42(55)49-36(29-14-10-8-11-15-29)37(53)44(57)61-32-23-48(58)41(62-43(56)31-16-12-9-13-17-31)39-46(7,33(52)22-34-47(39,24-59-34)63-28(4)51)40(54)38(60-27(3)50)35(26(32)2)45(48,5)6/h8-21,32-34,36-39,41,52-53,58H,22-24H2,1-7H3,(H,49,55)/t32?,33-,34+,36?,37?,38-,39?,41?,46+,47-,48+/m0/s1. The first kappa shape index (κ1) is 45.3. The predicted molar refractivity (Wildman–Crippen MR) is 222 cm³/mol. The maximum absolute atomic E-state index is 15.5. The molecule has 1 heterocycles. The summed E-state index contributed by atoms with van der Waals surface area (Å²) in [5.74, 6) is -6.84. The molecule has 2 saturated carbocycles. The molecule has 3 fully saturated rings. The van der Waals surface area contributed by atoms with Crippen molar-refractivity contribution < 1.29 is 67.8 Å². The Labute approximate surface area is 364 Å². The number of ketones is 1. The Bertz CT molecular complexity index is 2330.